The van der Waals surface area contributed by atoms with Crippen LogP contribution in [0.5, 0.6) is 0 Å². The molecule has 4 N–H and O–H groups in total. The van der Waals surface area contributed by atoms with Gasteiger partial charge < -0.3 is 25.9 Å². The van der Waals surface area contributed by atoms with Gasteiger partial charge in [-0.3, -0.25) is 0 Å². The van der Waals surface area contributed by atoms with Crippen molar-refractivity contribution in [1.29, 1.82) is 0 Å². The number of benzene rings is 1. The summed E-state index contributed by atoms with van der Waals surface area (Å²) in [5.41, 5.74) is 6.09. The molecule has 0 spiro atoms. The van der Waals surface area contributed by atoms with Crippen LogP contribution in [0.25, 0.3) is 0 Å². The van der Waals surface area contributed by atoms with E-state index in [0.717, 1.165) is 0 Å². The first-order chi connectivity index (χ1) is 9.60. The van der Waals surface area contributed by atoms with Gasteiger partial charge in [0.1, 0.15) is 6.10 Å². The third-order valence-corrected chi connectivity index (χ3v) is 3.11. The van der Waals surface area contributed by atoms with Gasteiger partial charge in [-0.2, -0.15) is 0 Å². The lowest BCUT2D eigenvalue weighted by molar-refractivity contribution is 0.0223. The molecule has 0 aliphatic carbocycles. The molecule has 1 atom stereocenters. The van der Waals surface area contributed by atoms with Crippen molar-refractivity contribution < 1.29 is 14.7 Å². The Kier molecular flexibility index (Phi) is 4.65. The van der Waals surface area contributed by atoms with Crippen molar-refractivity contribution in [1.82, 2.24) is 4.90 Å². The molecule has 1 aromatic carbocycles. The van der Waals surface area contributed by atoms with Crippen LogP contribution < -0.4 is 11.1 Å². The van der Waals surface area contributed by atoms with E-state index in [9.17, 15) is 4.79 Å². The minimum absolute atomic E-state index is 0.0507. The highest BCUT2D eigenvalue weighted by Gasteiger charge is 2.27. The molecule has 2 rings (SSSR count). The van der Waals surface area contributed by atoms with E-state index in [1.165, 1.54) is 4.90 Å². The topological polar surface area (TPSA) is 100 Å². The zero-order chi connectivity index (χ0) is 14.5. The van der Waals surface area contributed by atoms with Crippen LogP contribution in [0.15, 0.2) is 29.4 Å². The Bertz CT molecular complexity index is 523. The molecule has 1 aromatic rings. The Hall–Kier alpha value is -1.99. The third-order valence-electron chi connectivity index (χ3n) is 2.87. The molecule has 1 fully saturated rings. The van der Waals surface area contributed by atoms with Gasteiger partial charge in [-0.1, -0.05) is 22.8 Å². The van der Waals surface area contributed by atoms with E-state index in [-0.39, 0.29) is 18.4 Å². The number of amides is 2. The van der Waals surface area contributed by atoms with Gasteiger partial charge in [0.25, 0.3) is 0 Å². The number of morpholine rings is 1. The molecule has 1 unspecified atom stereocenters. The molecule has 1 saturated heterocycles. The SMILES string of the molecule is NC(=NO)C1CN(C(=O)Nc2cccc(Cl)c2)CCO1. The number of nitrogens with two attached hydrogens (primary N) is 1. The highest BCUT2D eigenvalue weighted by molar-refractivity contribution is 6.30. The molecule has 108 valence electrons. The summed E-state index contributed by atoms with van der Waals surface area (Å²) in [5.74, 6) is -0.0507. The maximum Gasteiger partial charge on any atom is 0.322 e. The van der Waals surface area contributed by atoms with Crippen LogP contribution >= 0.6 is 11.6 Å². The molecular weight excluding hydrogens is 284 g/mol. The van der Waals surface area contributed by atoms with Crippen molar-refractivity contribution in [2.24, 2.45) is 10.9 Å². The van der Waals surface area contributed by atoms with Gasteiger partial charge in [0, 0.05) is 17.3 Å². The fourth-order valence-electron chi connectivity index (χ4n) is 1.85. The number of hydrogen-bond acceptors (Lipinski definition) is 4. The van der Waals surface area contributed by atoms with E-state index >= 15 is 0 Å². The van der Waals surface area contributed by atoms with Crippen molar-refractivity contribution in [3.63, 3.8) is 0 Å². The first-order valence-corrected chi connectivity index (χ1v) is 6.38. The van der Waals surface area contributed by atoms with Crippen molar-refractivity contribution in [3.05, 3.63) is 29.3 Å². The Labute approximate surface area is 120 Å². The molecule has 1 heterocycles. The number of halogens is 1. The zero-order valence-electron chi connectivity index (χ0n) is 10.6. The maximum absolute atomic E-state index is 12.1. The van der Waals surface area contributed by atoms with E-state index in [1.54, 1.807) is 24.3 Å². The quantitative estimate of drug-likeness (QED) is 0.332. The molecule has 0 aromatic heterocycles. The highest BCUT2D eigenvalue weighted by atomic mass is 35.5. The van der Waals surface area contributed by atoms with Gasteiger partial charge >= 0.3 is 6.03 Å². The van der Waals surface area contributed by atoms with E-state index in [4.69, 9.17) is 27.3 Å². The number of nitrogens with one attached hydrogen (secondary N) is 1. The molecule has 0 saturated carbocycles. The number of hydrogen-bond donors (Lipinski definition) is 3. The number of urea groups is 1. The molecule has 1 aliphatic rings. The fraction of sp³-hybridized carbons (Fsp3) is 0.333. The summed E-state index contributed by atoms with van der Waals surface area (Å²) >= 11 is 5.85. The van der Waals surface area contributed by atoms with Gasteiger partial charge in [-0.15, -0.1) is 0 Å². The number of ether oxygens (including phenoxy) is 1. The Morgan fingerprint density at radius 3 is 3.10 bits per heavy atom. The summed E-state index contributed by atoms with van der Waals surface area (Å²) in [4.78, 5) is 13.6. The first kappa shape index (κ1) is 14.4. The van der Waals surface area contributed by atoms with E-state index in [2.05, 4.69) is 10.5 Å². The van der Waals surface area contributed by atoms with Crippen molar-refractivity contribution >= 4 is 29.2 Å². The number of rotatable bonds is 2. The molecule has 1 aliphatic heterocycles. The number of nitrogens with zero attached hydrogens (tertiary/aromatic N) is 2. The normalized spacial score (nSPS) is 19.8. The number of oxime groups is 1. The Morgan fingerprint density at radius 1 is 1.60 bits per heavy atom. The molecule has 0 radical (unpaired) electrons. The van der Waals surface area contributed by atoms with Crippen LogP contribution in [-0.4, -0.2) is 47.8 Å². The summed E-state index contributed by atoms with van der Waals surface area (Å²) in [6.07, 6.45) is -0.598. The summed E-state index contributed by atoms with van der Waals surface area (Å²) in [7, 11) is 0. The second kappa shape index (κ2) is 6.44. The van der Waals surface area contributed by atoms with Crippen molar-refractivity contribution in [2.45, 2.75) is 6.10 Å². The largest absolute Gasteiger partial charge is 0.409 e. The number of carbonyl (C=O) groups is 1. The molecule has 8 heteroatoms. The average Bonchev–Trinajstić information content (AvgIpc) is 2.46. The summed E-state index contributed by atoms with van der Waals surface area (Å²) in [5, 5.41) is 14.8. The zero-order valence-corrected chi connectivity index (χ0v) is 11.4. The van der Waals surface area contributed by atoms with Crippen LogP contribution in [0.4, 0.5) is 10.5 Å². The Morgan fingerprint density at radius 2 is 2.40 bits per heavy atom. The molecule has 20 heavy (non-hydrogen) atoms. The van der Waals surface area contributed by atoms with Gasteiger partial charge in [0.15, 0.2) is 5.84 Å². The molecule has 2 amide bonds. The molecule has 7 nitrogen and oxygen atoms in total. The van der Waals surface area contributed by atoms with Crippen LogP contribution in [-0.2, 0) is 4.74 Å². The maximum atomic E-state index is 12.1. The van der Waals surface area contributed by atoms with Crippen LogP contribution in [0.2, 0.25) is 5.02 Å². The standard InChI is InChI=1S/C12H15ClN4O3/c13-8-2-1-3-9(6-8)15-12(18)17-4-5-20-10(7-17)11(14)16-19/h1-3,6,10,19H,4-5,7H2,(H2,14,16)(H,15,18). The number of amidine groups is 1. The second-order valence-electron chi connectivity index (χ2n) is 4.27. The minimum atomic E-state index is -0.598. The summed E-state index contributed by atoms with van der Waals surface area (Å²) in [6.45, 7) is 0.980. The average molecular weight is 299 g/mol. The first-order valence-electron chi connectivity index (χ1n) is 6.00. The molecule has 0 bridgehead atoms. The van der Waals surface area contributed by atoms with Crippen LogP contribution in [0.3, 0.4) is 0 Å². The van der Waals surface area contributed by atoms with E-state index in [1.807, 2.05) is 0 Å². The van der Waals surface area contributed by atoms with Crippen molar-refractivity contribution in [3.8, 4) is 0 Å². The number of anilines is 1. The third kappa shape index (κ3) is 3.52. The summed E-state index contributed by atoms with van der Waals surface area (Å²) in [6, 6.07) is 6.58. The second-order valence-corrected chi connectivity index (χ2v) is 4.71. The van der Waals surface area contributed by atoms with Gasteiger partial charge in [0.05, 0.1) is 13.2 Å². The molecular formula is C12H15ClN4O3. The highest BCUT2D eigenvalue weighted by Crippen LogP contribution is 2.16. The minimum Gasteiger partial charge on any atom is -0.409 e. The summed E-state index contributed by atoms with van der Waals surface area (Å²) < 4.78 is 5.32. The fourth-order valence-corrected chi connectivity index (χ4v) is 2.04. The van der Waals surface area contributed by atoms with E-state index < -0.39 is 6.10 Å². The van der Waals surface area contributed by atoms with Gasteiger partial charge in [-0.25, -0.2) is 4.79 Å². The van der Waals surface area contributed by atoms with Gasteiger partial charge in [0.2, 0.25) is 0 Å². The van der Waals surface area contributed by atoms with Gasteiger partial charge in [-0.05, 0) is 18.2 Å². The van der Waals surface area contributed by atoms with E-state index in [0.29, 0.717) is 23.9 Å². The lowest BCUT2D eigenvalue weighted by Crippen LogP contribution is -2.51. The lowest BCUT2D eigenvalue weighted by Gasteiger charge is -2.32. The predicted octanol–water partition coefficient (Wildman–Crippen LogP) is 1.32. The lowest BCUT2D eigenvalue weighted by atomic mass is 10.2. The van der Waals surface area contributed by atoms with Crippen molar-refractivity contribution in [2.75, 3.05) is 25.0 Å². The predicted molar refractivity (Wildman–Crippen MR) is 75.2 cm³/mol. The van der Waals surface area contributed by atoms with Crippen LogP contribution in [0, 0.1) is 0 Å². The smallest absolute Gasteiger partial charge is 0.322 e. The Balaban J connectivity index is 1.98. The monoisotopic (exact) mass is 298 g/mol. The van der Waals surface area contributed by atoms with Crippen LogP contribution in [0.1, 0.15) is 0 Å². The number of carbonyl (C=O) groups excluding carboxylic acids is 1.